The largest absolute Gasteiger partial charge is 0.272 e. The lowest BCUT2D eigenvalue weighted by Crippen LogP contribution is -2.36. The summed E-state index contributed by atoms with van der Waals surface area (Å²) in [7, 11) is 0. The van der Waals surface area contributed by atoms with Gasteiger partial charge in [-0.05, 0) is 13.3 Å². The van der Waals surface area contributed by atoms with Gasteiger partial charge in [0.05, 0.1) is 0 Å². The van der Waals surface area contributed by atoms with E-state index in [0.717, 1.165) is 19.4 Å². The Hall–Kier alpha value is -1.24. The molecular weight excluding hydrogens is 152 g/mol. The van der Waals surface area contributed by atoms with E-state index in [1.54, 1.807) is 11.2 Å². The van der Waals surface area contributed by atoms with E-state index in [9.17, 15) is 0 Å². The number of rotatable bonds is 3. The Bertz CT molecular complexity index is 206. The highest BCUT2D eigenvalue weighted by Crippen LogP contribution is 2.15. The molecule has 0 spiro atoms. The maximum Gasteiger partial charge on any atom is 0.187 e. The third-order valence-electron chi connectivity index (χ3n) is 1.98. The molecule has 0 fully saturated rings. The zero-order valence-corrected chi connectivity index (χ0v) is 7.56. The van der Waals surface area contributed by atoms with E-state index in [0.29, 0.717) is 0 Å². The van der Waals surface area contributed by atoms with Crippen LogP contribution in [-0.2, 0) is 0 Å². The maximum atomic E-state index is 8.73. The highest BCUT2D eigenvalue weighted by Gasteiger charge is 2.25. The van der Waals surface area contributed by atoms with E-state index >= 15 is 0 Å². The average molecular weight is 166 g/mol. The highest BCUT2D eigenvalue weighted by molar-refractivity contribution is 5.59. The first-order valence-electron chi connectivity index (χ1n) is 4.32. The topological polar surface area (TPSA) is 42.6 Å². The molecule has 66 valence electrons. The number of nitriles is 1. The van der Waals surface area contributed by atoms with Gasteiger partial charge < -0.3 is 0 Å². The molecule has 4 heteroatoms. The minimum Gasteiger partial charge on any atom is -0.272 e. The van der Waals surface area contributed by atoms with Gasteiger partial charge in [0.1, 0.15) is 12.5 Å². The number of hydrogen-bond acceptors (Lipinski definition) is 4. The predicted octanol–water partition coefficient (Wildman–Crippen LogP) is 1.17. The molecule has 0 aliphatic carbocycles. The molecule has 0 aromatic rings. The van der Waals surface area contributed by atoms with Gasteiger partial charge in [-0.15, -0.1) is 0 Å². The third kappa shape index (κ3) is 1.50. The fourth-order valence-electron chi connectivity index (χ4n) is 1.35. The van der Waals surface area contributed by atoms with Gasteiger partial charge in [0, 0.05) is 6.54 Å². The van der Waals surface area contributed by atoms with Crippen LogP contribution in [-0.4, -0.2) is 29.0 Å². The van der Waals surface area contributed by atoms with Gasteiger partial charge in [-0.1, -0.05) is 13.3 Å². The Morgan fingerprint density at radius 2 is 2.33 bits per heavy atom. The van der Waals surface area contributed by atoms with Crippen LogP contribution in [0.2, 0.25) is 0 Å². The molecule has 0 bridgehead atoms. The first-order valence-corrected chi connectivity index (χ1v) is 4.32. The van der Waals surface area contributed by atoms with Crippen molar-refractivity contribution in [3.05, 3.63) is 0 Å². The molecule has 0 saturated heterocycles. The molecule has 1 heterocycles. The van der Waals surface area contributed by atoms with Gasteiger partial charge in [-0.3, -0.25) is 5.01 Å². The number of hydrogen-bond donors (Lipinski definition) is 0. The summed E-state index contributed by atoms with van der Waals surface area (Å²) in [6.07, 6.45) is 5.92. The van der Waals surface area contributed by atoms with E-state index in [-0.39, 0.29) is 6.17 Å². The van der Waals surface area contributed by atoms with Crippen molar-refractivity contribution in [1.29, 1.82) is 5.26 Å². The minimum atomic E-state index is 0.157. The summed E-state index contributed by atoms with van der Waals surface area (Å²) >= 11 is 0. The fraction of sp³-hybridized carbons (Fsp3) is 0.750. The van der Waals surface area contributed by atoms with E-state index in [1.807, 2.05) is 11.9 Å². The molecular formula is C8H14N4. The highest BCUT2D eigenvalue weighted by atomic mass is 15.6. The van der Waals surface area contributed by atoms with Crippen LogP contribution in [0.5, 0.6) is 0 Å². The van der Waals surface area contributed by atoms with Gasteiger partial charge in [0.2, 0.25) is 0 Å². The summed E-state index contributed by atoms with van der Waals surface area (Å²) in [4.78, 5) is 1.60. The summed E-state index contributed by atoms with van der Waals surface area (Å²) in [6.45, 7) is 5.02. The average Bonchev–Trinajstić information content (AvgIpc) is 2.48. The maximum absolute atomic E-state index is 8.73. The van der Waals surface area contributed by atoms with Crippen molar-refractivity contribution in [2.24, 2.45) is 5.10 Å². The van der Waals surface area contributed by atoms with Crippen LogP contribution < -0.4 is 0 Å². The molecule has 0 saturated carbocycles. The molecule has 1 aliphatic heterocycles. The number of nitrogens with zero attached hydrogens (tertiary/aromatic N) is 4. The molecule has 1 rings (SSSR count). The molecule has 12 heavy (non-hydrogen) atoms. The Kier molecular flexibility index (Phi) is 2.92. The van der Waals surface area contributed by atoms with Crippen molar-refractivity contribution in [2.75, 3.05) is 6.54 Å². The van der Waals surface area contributed by atoms with E-state index in [1.165, 1.54) is 0 Å². The zero-order chi connectivity index (χ0) is 8.97. The van der Waals surface area contributed by atoms with Crippen LogP contribution in [0.4, 0.5) is 0 Å². The van der Waals surface area contributed by atoms with E-state index < -0.39 is 0 Å². The first kappa shape index (κ1) is 8.85. The molecule has 1 unspecified atom stereocenters. The monoisotopic (exact) mass is 166 g/mol. The summed E-state index contributed by atoms with van der Waals surface area (Å²) in [5.41, 5.74) is 0. The van der Waals surface area contributed by atoms with Crippen LogP contribution in [0, 0.1) is 11.5 Å². The lowest BCUT2D eigenvalue weighted by molar-refractivity contribution is 0.159. The SMILES string of the molecule is CCCC1N(C#N)C=NN1CC. The minimum absolute atomic E-state index is 0.157. The molecule has 4 nitrogen and oxygen atoms in total. The molecule has 0 N–H and O–H groups in total. The van der Waals surface area contributed by atoms with Crippen molar-refractivity contribution >= 4 is 6.34 Å². The summed E-state index contributed by atoms with van der Waals surface area (Å²) in [6, 6.07) is 0. The summed E-state index contributed by atoms with van der Waals surface area (Å²) in [5, 5.41) is 14.8. The van der Waals surface area contributed by atoms with Crippen LogP contribution in [0.25, 0.3) is 0 Å². The van der Waals surface area contributed by atoms with Crippen molar-refractivity contribution in [3.63, 3.8) is 0 Å². The molecule has 1 atom stereocenters. The smallest absolute Gasteiger partial charge is 0.187 e. The lowest BCUT2D eigenvalue weighted by atomic mass is 10.2. The molecule has 0 radical (unpaired) electrons. The fourth-order valence-corrected chi connectivity index (χ4v) is 1.35. The van der Waals surface area contributed by atoms with Crippen LogP contribution in [0.3, 0.4) is 0 Å². The van der Waals surface area contributed by atoms with Crippen LogP contribution in [0.1, 0.15) is 26.7 Å². The Balaban J connectivity index is 2.59. The quantitative estimate of drug-likeness (QED) is 0.591. The standard InChI is InChI=1S/C8H14N4/c1-3-5-8-11(6-9)7-10-12(8)4-2/h7-8H,3-5H2,1-2H3. The van der Waals surface area contributed by atoms with E-state index in [4.69, 9.17) is 5.26 Å². The van der Waals surface area contributed by atoms with Crippen molar-refractivity contribution in [3.8, 4) is 6.19 Å². The second-order valence-electron chi connectivity index (χ2n) is 2.76. The van der Waals surface area contributed by atoms with E-state index in [2.05, 4.69) is 18.2 Å². The molecule has 0 aromatic carbocycles. The summed E-state index contributed by atoms with van der Waals surface area (Å²) in [5.74, 6) is 0. The van der Waals surface area contributed by atoms with Crippen molar-refractivity contribution in [2.45, 2.75) is 32.9 Å². The molecule has 0 aromatic heterocycles. The second kappa shape index (κ2) is 3.96. The van der Waals surface area contributed by atoms with Gasteiger partial charge >= 0.3 is 0 Å². The second-order valence-corrected chi connectivity index (χ2v) is 2.76. The first-order chi connectivity index (χ1) is 5.83. The van der Waals surface area contributed by atoms with Gasteiger partial charge in [0.15, 0.2) is 6.19 Å². The Morgan fingerprint density at radius 1 is 1.58 bits per heavy atom. The normalized spacial score (nSPS) is 21.6. The van der Waals surface area contributed by atoms with Crippen molar-refractivity contribution in [1.82, 2.24) is 9.91 Å². The molecule has 0 amide bonds. The lowest BCUT2D eigenvalue weighted by Gasteiger charge is -2.24. The van der Waals surface area contributed by atoms with Gasteiger partial charge in [-0.2, -0.15) is 10.4 Å². The summed E-state index contributed by atoms with van der Waals surface area (Å²) < 4.78 is 0. The Labute approximate surface area is 73.1 Å². The number of hydrazone groups is 1. The molecule has 1 aliphatic rings. The van der Waals surface area contributed by atoms with Gasteiger partial charge in [0.25, 0.3) is 0 Å². The third-order valence-corrected chi connectivity index (χ3v) is 1.98. The van der Waals surface area contributed by atoms with Crippen LogP contribution >= 0.6 is 0 Å². The predicted molar refractivity (Wildman–Crippen MR) is 47.0 cm³/mol. The van der Waals surface area contributed by atoms with Crippen LogP contribution in [0.15, 0.2) is 5.10 Å². The van der Waals surface area contributed by atoms with Gasteiger partial charge in [-0.25, -0.2) is 4.90 Å². The zero-order valence-electron chi connectivity index (χ0n) is 7.56. The Morgan fingerprint density at radius 3 is 2.83 bits per heavy atom. The van der Waals surface area contributed by atoms with Crippen molar-refractivity contribution < 1.29 is 0 Å².